The molecule has 0 amide bonds. The van der Waals surface area contributed by atoms with E-state index in [9.17, 15) is 0 Å². The molecule has 0 unspecified atom stereocenters. The second-order valence-corrected chi connectivity index (χ2v) is 15.3. The summed E-state index contributed by atoms with van der Waals surface area (Å²) in [7, 11) is 0. The van der Waals surface area contributed by atoms with E-state index in [0.29, 0.717) is 16.9 Å². The van der Waals surface area contributed by atoms with Crippen molar-refractivity contribution in [2.24, 2.45) is 46.3 Å². The largest absolute Gasteiger partial charge is 0.327 e. The van der Waals surface area contributed by atoms with Crippen LogP contribution in [0.2, 0.25) is 0 Å². The lowest BCUT2D eigenvalue weighted by molar-refractivity contribution is -0.0522. The molecule has 38 heavy (non-hydrogen) atoms. The van der Waals surface area contributed by atoms with Crippen molar-refractivity contribution < 1.29 is 0 Å². The first-order valence-electron chi connectivity index (χ1n) is 16.2. The monoisotopic (exact) mass is 514 g/mol. The third kappa shape index (κ3) is 4.23. The van der Waals surface area contributed by atoms with Crippen LogP contribution in [0.1, 0.15) is 122 Å². The van der Waals surface area contributed by atoms with Gasteiger partial charge in [-0.15, -0.1) is 0 Å². The number of aryl methyl sites for hydroxylation is 2. The van der Waals surface area contributed by atoms with E-state index in [2.05, 4.69) is 77.6 Å². The first-order valence-corrected chi connectivity index (χ1v) is 16.2. The van der Waals surface area contributed by atoms with Gasteiger partial charge in [-0.2, -0.15) is 0 Å². The molecule has 3 saturated carbocycles. The van der Waals surface area contributed by atoms with Crippen LogP contribution < -0.4 is 0 Å². The number of benzene rings is 1. The number of imidazole rings is 1. The molecule has 0 N–H and O–H groups in total. The van der Waals surface area contributed by atoms with Crippen LogP contribution in [0.25, 0.3) is 11.0 Å². The van der Waals surface area contributed by atoms with Crippen LogP contribution >= 0.6 is 0 Å². The Hall–Kier alpha value is -1.57. The summed E-state index contributed by atoms with van der Waals surface area (Å²) in [5.41, 5.74) is 8.04. The van der Waals surface area contributed by atoms with Gasteiger partial charge in [-0.25, -0.2) is 4.98 Å². The highest BCUT2D eigenvalue weighted by Gasteiger charge is 2.59. The fourth-order valence-corrected chi connectivity index (χ4v) is 10.5. The standard InChI is InChI=1S/C36H54N2/c1-23(2)9-8-10-24(3)30-13-14-31-29-12-11-27-21-28(15-17-35(27,6)32(29)16-18-36(30,31)7)38-22-37-33-19-25(4)26(5)20-34(33)38/h11,19-20,22-24,28-32H,8-10,12-18,21H2,1-7H3/t24-,28-,29+,30-,31+,32+,35+,36-/m1/s1. The number of fused-ring (bicyclic) bond motifs is 6. The van der Waals surface area contributed by atoms with Gasteiger partial charge in [0.05, 0.1) is 17.4 Å². The van der Waals surface area contributed by atoms with Crippen LogP contribution in [0.3, 0.4) is 0 Å². The summed E-state index contributed by atoms with van der Waals surface area (Å²) in [5, 5.41) is 0. The Morgan fingerprint density at radius 3 is 2.53 bits per heavy atom. The average molecular weight is 515 g/mol. The molecule has 8 atom stereocenters. The van der Waals surface area contributed by atoms with Crippen LogP contribution in [0.5, 0.6) is 0 Å². The van der Waals surface area contributed by atoms with Gasteiger partial charge in [0, 0.05) is 6.04 Å². The summed E-state index contributed by atoms with van der Waals surface area (Å²) in [5.74, 6) is 5.49. The van der Waals surface area contributed by atoms with Gasteiger partial charge in [-0.3, -0.25) is 0 Å². The molecular weight excluding hydrogens is 460 g/mol. The SMILES string of the molecule is Cc1cc2ncn([C@@H]3CC[C@@]4(C)C(=CC[C@H]5[C@@H]6CC[C@H]([C@H](C)CCCC(C)C)[C@@]6(C)CC[C@@H]54)C3)c2cc1C. The maximum atomic E-state index is 4.82. The van der Waals surface area contributed by atoms with E-state index in [1.54, 1.807) is 5.57 Å². The molecule has 4 aliphatic rings. The van der Waals surface area contributed by atoms with E-state index in [0.717, 1.165) is 35.5 Å². The molecule has 6 rings (SSSR count). The Morgan fingerprint density at radius 1 is 0.947 bits per heavy atom. The maximum absolute atomic E-state index is 4.82. The normalized spacial score (nSPS) is 37.6. The number of aromatic nitrogens is 2. The predicted molar refractivity (Wildman–Crippen MR) is 161 cm³/mol. The fourth-order valence-electron chi connectivity index (χ4n) is 10.5. The van der Waals surface area contributed by atoms with Crippen molar-refractivity contribution in [1.29, 1.82) is 0 Å². The van der Waals surface area contributed by atoms with E-state index >= 15 is 0 Å². The molecule has 0 bridgehead atoms. The van der Waals surface area contributed by atoms with E-state index < -0.39 is 0 Å². The van der Waals surface area contributed by atoms with Crippen molar-refractivity contribution in [2.75, 3.05) is 0 Å². The third-order valence-electron chi connectivity index (χ3n) is 12.9. The van der Waals surface area contributed by atoms with E-state index in [1.807, 2.05) is 0 Å². The third-order valence-corrected chi connectivity index (χ3v) is 12.9. The molecule has 0 aliphatic heterocycles. The summed E-state index contributed by atoms with van der Waals surface area (Å²) in [6, 6.07) is 5.21. The Labute approximate surface area is 233 Å². The Balaban J connectivity index is 1.20. The first-order chi connectivity index (χ1) is 18.1. The van der Waals surface area contributed by atoms with Gasteiger partial charge < -0.3 is 4.57 Å². The minimum Gasteiger partial charge on any atom is -0.327 e. The minimum absolute atomic E-state index is 0.421. The molecular formula is C36H54N2. The summed E-state index contributed by atoms with van der Waals surface area (Å²) in [4.78, 5) is 4.82. The molecule has 4 aliphatic carbocycles. The summed E-state index contributed by atoms with van der Waals surface area (Å²) < 4.78 is 2.52. The van der Waals surface area contributed by atoms with E-state index in [-0.39, 0.29) is 0 Å². The molecule has 0 saturated heterocycles. The van der Waals surface area contributed by atoms with E-state index in [4.69, 9.17) is 4.98 Å². The van der Waals surface area contributed by atoms with Crippen molar-refractivity contribution in [3.8, 4) is 0 Å². The maximum Gasteiger partial charge on any atom is 0.0961 e. The Morgan fingerprint density at radius 2 is 1.74 bits per heavy atom. The lowest BCUT2D eigenvalue weighted by Crippen LogP contribution is -2.50. The van der Waals surface area contributed by atoms with Crippen LogP contribution in [-0.4, -0.2) is 9.55 Å². The van der Waals surface area contributed by atoms with E-state index in [1.165, 1.54) is 92.8 Å². The number of hydrogen-bond acceptors (Lipinski definition) is 1. The van der Waals surface area contributed by atoms with Crippen molar-refractivity contribution in [3.05, 3.63) is 41.2 Å². The molecule has 2 heteroatoms. The number of nitrogens with zero attached hydrogens (tertiary/aromatic N) is 2. The minimum atomic E-state index is 0.421. The lowest BCUT2D eigenvalue weighted by Gasteiger charge is -2.58. The van der Waals surface area contributed by atoms with Crippen molar-refractivity contribution >= 4 is 11.0 Å². The Kier molecular flexibility index (Phi) is 6.88. The molecule has 1 aromatic heterocycles. The van der Waals surface area contributed by atoms with Crippen LogP contribution in [0.15, 0.2) is 30.1 Å². The highest BCUT2D eigenvalue weighted by Crippen LogP contribution is 2.67. The smallest absolute Gasteiger partial charge is 0.0961 e. The lowest BCUT2D eigenvalue weighted by atomic mass is 9.47. The Bertz CT molecular complexity index is 1200. The topological polar surface area (TPSA) is 17.8 Å². The van der Waals surface area contributed by atoms with Gasteiger partial charge in [0.25, 0.3) is 0 Å². The molecule has 0 radical (unpaired) electrons. The second kappa shape index (κ2) is 9.81. The number of hydrogen-bond donors (Lipinski definition) is 0. The van der Waals surface area contributed by atoms with Crippen molar-refractivity contribution in [3.63, 3.8) is 0 Å². The highest BCUT2D eigenvalue weighted by molar-refractivity contribution is 5.77. The van der Waals surface area contributed by atoms with Gasteiger partial charge >= 0.3 is 0 Å². The number of allylic oxidation sites excluding steroid dienone is 2. The molecule has 3 fully saturated rings. The van der Waals surface area contributed by atoms with Crippen LogP contribution in [0, 0.1) is 60.2 Å². The predicted octanol–water partition coefficient (Wildman–Crippen LogP) is 10.2. The molecule has 2 aromatic rings. The van der Waals surface area contributed by atoms with Gasteiger partial charge in [0.15, 0.2) is 0 Å². The fraction of sp³-hybridized carbons (Fsp3) is 0.750. The first kappa shape index (κ1) is 26.6. The van der Waals surface area contributed by atoms with Crippen LogP contribution in [0.4, 0.5) is 0 Å². The van der Waals surface area contributed by atoms with Gasteiger partial charge in [0.2, 0.25) is 0 Å². The molecule has 2 nitrogen and oxygen atoms in total. The van der Waals surface area contributed by atoms with Gasteiger partial charge in [-0.1, -0.05) is 65.5 Å². The zero-order chi connectivity index (χ0) is 26.8. The molecule has 1 aromatic carbocycles. The van der Waals surface area contributed by atoms with Crippen LogP contribution in [-0.2, 0) is 0 Å². The molecule has 1 heterocycles. The summed E-state index contributed by atoms with van der Waals surface area (Å²) in [6.45, 7) is 17.2. The summed E-state index contributed by atoms with van der Waals surface area (Å²) in [6.07, 6.45) is 20.4. The second-order valence-electron chi connectivity index (χ2n) is 15.3. The molecule has 0 spiro atoms. The van der Waals surface area contributed by atoms with Crippen molar-refractivity contribution in [2.45, 2.75) is 125 Å². The summed E-state index contributed by atoms with van der Waals surface area (Å²) >= 11 is 0. The average Bonchev–Trinajstić information content (AvgIpc) is 3.44. The molecule has 208 valence electrons. The number of rotatable bonds is 6. The zero-order valence-electron chi connectivity index (χ0n) is 25.5. The van der Waals surface area contributed by atoms with Gasteiger partial charge in [-0.05, 0) is 135 Å². The zero-order valence-corrected chi connectivity index (χ0v) is 25.5. The quantitative estimate of drug-likeness (QED) is 0.351. The van der Waals surface area contributed by atoms with Gasteiger partial charge in [0.1, 0.15) is 0 Å². The van der Waals surface area contributed by atoms with Crippen molar-refractivity contribution in [1.82, 2.24) is 9.55 Å². The highest BCUT2D eigenvalue weighted by atomic mass is 15.1.